The van der Waals surface area contributed by atoms with Crippen molar-refractivity contribution in [3.63, 3.8) is 0 Å². The van der Waals surface area contributed by atoms with Crippen LogP contribution in [-0.4, -0.2) is 38.8 Å². The van der Waals surface area contributed by atoms with Gasteiger partial charge in [-0.1, -0.05) is 35.9 Å². The molecular formula is C21H25ClN2O4S. The van der Waals surface area contributed by atoms with E-state index >= 15 is 0 Å². The van der Waals surface area contributed by atoms with Crippen LogP contribution in [0.3, 0.4) is 0 Å². The molecule has 1 amide bonds. The average Bonchev–Trinajstić information content (AvgIpc) is 2.73. The Morgan fingerprint density at radius 3 is 2.76 bits per heavy atom. The number of piperidine rings is 1. The van der Waals surface area contributed by atoms with Crippen LogP contribution in [0.25, 0.3) is 0 Å². The Balaban J connectivity index is 1.72. The highest BCUT2D eigenvalue weighted by atomic mass is 35.5. The second-order valence-corrected chi connectivity index (χ2v) is 9.48. The van der Waals surface area contributed by atoms with E-state index in [1.807, 2.05) is 25.1 Å². The standard InChI is InChI=1S/C21H25ClN2O4S/c1-15-9-10-19(28-2)20(12-15)29(26,27)24-11-5-7-17(14-24)21(25)23-13-16-6-3-4-8-18(16)22/h3-4,6,8-10,12,17H,5,7,11,13-14H2,1-2H3,(H,23,25)/t17-/m1/s1. The molecule has 0 aliphatic carbocycles. The van der Waals surface area contributed by atoms with Crippen molar-refractivity contribution < 1.29 is 17.9 Å². The summed E-state index contributed by atoms with van der Waals surface area (Å²) in [5, 5.41) is 3.47. The molecule has 1 fully saturated rings. The van der Waals surface area contributed by atoms with Crippen molar-refractivity contribution >= 4 is 27.5 Å². The number of ether oxygens (including phenoxy) is 1. The summed E-state index contributed by atoms with van der Waals surface area (Å²) in [6, 6.07) is 12.4. The van der Waals surface area contributed by atoms with E-state index in [0.717, 1.165) is 11.1 Å². The van der Waals surface area contributed by atoms with Crippen LogP contribution in [0.4, 0.5) is 0 Å². The van der Waals surface area contributed by atoms with Crippen LogP contribution in [0.5, 0.6) is 5.75 Å². The highest BCUT2D eigenvalue weighted by molar-refractivity contribution is 7.89. The number of nitrogens with one attached hydrogen (secondary N) is 1. The Bertz CT molecular complexity index is 994. The largest absolute Gasteiger partial charge is 0.495 e. The third kappa shape index (κ3) is 4.91. The van der Waals surface area contributed by atoms with Crippen LogP contribution in [0.1, 0.15) is 24.0 Å². The Morgan fingerprint density at radius 2 is 2.03 bits per heavy atom. The molecule has 2 aromatic carbocycles. The Kier molecular flexibility index (Phi) is 6.82. The highest BCUT2D eigenvalue weighted by Crippen LogP contribution is 2.30. The molecule has 29 heavy (non-hydrogen) atoms. The van der Waals surface area contributed by atoms with Gasteiger partial charge in [0.15, 0.2) is 0 Å². The molecule has 0 aromatic heterocycles. The highest BCUT2D eigenvalue weighted by Gasteiger charge is 2.34. The molecule has 1 aliphatic heterocycles. The number of benzene rings is 2. The molecule has 1 heterocycles. The number of nitrogens with zero attached hydrogens (tertiary/aromatic N) is 1. The first-order valence-electron chi connectivity index (χ1n) is 9.49. The first kappa shape index (κ1) is 21.6. The maximum Gasteiger partial charge on any atom is 0.246 e. The van der Waals surface area contributed by atoms with Crippen molar-refractivity contribution in [1.82, 2.24) is 9.62 Å². The predicted molar refractivity (Wildman–Crippen MR) is 113 cm³/mol. The number of carbonyl (C=O) groups excluding carboxylic acids is 1. The molecule has 0 bridgehead atoms. The second kappa shape index (κ2) is 9.15. The van der Waals surface area contributed by atoms with Gasteiger partial charge in [0.05, 0.1) is 13.0 Å². The van der Waals surface area contributed by atoms with E-state index < -0.39 is 15.9 Å². The first-order valence-corrected chi connectivity index (χ1v) is 11.3. The summed E-state index contributed by atoms with van der Waals surface area (Å²) in [5.41, 5.74) is 1.66. The van der Waals surface area contributed by atoms with Crippen LogP contribution in [0.15, 0.2) is 47.4 Å². The van der Waals surface area contributed by atoms with Gasteiger partial charge in [0.25, 0.3) is 0 Å². The van der Waals surface area contributed by atoms with Crippen molar-refractivity contribution in [3.8, 4) is 5.75 Å². The Hall–Kier alpha value is -2.09. The number of amides is 1. The molecule has 1 saturated heterocycles. The van der Waals surface area contributed by atoms with Gasteiger partial charge in [-0.15, -0.1) is 0 Å². The molecule has 2 aromatic rings. The minimum Gasteiger partial charge on any atom is -0.495 e. The normalized spacial score (nSPS) is 17.7. The fraction of sp³-hybridized carbons (Fsp3) is 0.381. The lowest BCUT2D eigenvalue weighted by molar-refractivity contribution is -0.126. The number of hydrogen-bond acceptors (Lipinski definition) is 4. The number of carbonyl (C=O) groups is 1. The lowest BCUT2D eigenvalue weighted by atomic mass is 9.99. The predicted octanol–water partition coefficient (Wildman–Crippen LogP) is 3.37. The third-order valence-electron chi connectivity index (χ3n) is 5.10. The second-order valence-electron chi connectivity index (χ2n) is 7.17. The van der Waals surface area contributed by atoms with Crippen molar-refractivity contribution in [2.45, 2.75) is 31.2 Å². The molecule has 6 nitrogen and oxygen atoms in total. The SMILES string of the molecule is COc1ccc(C)cc1S(=O)(=O)N1CCC[C@@H](C(=O)NCc2ccccc2Cl)C1. The Morgan fingerprint density at radius 1 is 1.28 bits per heavy atom. The molecule has 8 heteroatoms. The van der Waals surface area contributed by atoms with Gasteiger partial charge in [-0.05, 0) is 49.1 Å². The number of halogens is 1. The maximum atomic E-state index is 13.2. The molecular weight excluding hydrogens is 412 g/mol. The number of methoxy groups -OCH3 is 1. The average molecular weight is 437 g/mol. The summed E-state index contributed by atoms with van der Waals surface area (Å²) in [6.07, 6.45) is 1.27. The van der Waals surface area contributed by atoms with Crippen LogP contribution in [0.2, 0.25) is 5.02 Å². The summed E-state index contributed by atoms with van der Waals surface area (Å²) in [6.45, 7) is 2.68. The minimum atomic E-state index is -3.76. The van der Waals surface area contributed by atoms with Gasteiger partial charge >= 0.3 is 0 Å². The summed E-state index contributed by atoms with van der Waals surface area (Å²) in [4.78, 5) is 12.8. The maximum absolute atomic E-state index is 13.2. The number of sulfonamides is 1. The summed E-state index contributed by atoms with van der Waals surface area (Å²) in [5.74, 6) is -0.265. The molecule has 1 N–H and O–H groups in total. The fourth-order valence-corrected chi connectivity index (χ4v) is 5.43. The summed E-state index contributed by atoms with van der Waals surface area (Å²) in [7, 11) is -2.31. The van der Waals surface area contributed by atoms with E-state index in [1.165, 1.54) is 11.4 Å². The van der Waals surface area contributed by atoms with Crippen molar-refractivity contribution in [2.24, 2.45) is 5.92 Å². The zero-order valence-electron chi connectivity index (χ0n) is 16.5. The van der Waals surface area contributed by atoms with Gasteiger partial charge in [0.2, 0.25) is 15.9 Å². The van der Waals surface area contributed by atoms with E-state index in [0.29, 0.717) is 36.7 Å². The Labute approximate surface area is 176 Å². The van der Waals surface area contributed by atoms with Crippen molar-refractivity contribution in [2.75, 3.05) is 20.2 Å². The van der Waals surface area contributed by atoms with Gasteiger partial charge in [-0.3, -0.25) is 4.79 Å². The quantitative estimate of drug-likeness (QED) is 0.753. The molecule has 1 atom stereocenters. The molecule has 0 saturated carbocycles. The zero-order chi connectivity index (χ0) is 21.0. The molecule has 0 spiro atoms. The van der Waals surface area contributed by atoms with E-state index in [-0.39, 0.29) is 17.3 Å². The smallest absolute Gasteiger partial charge is 0.246 e. The first-order chi connectivity index (χ1) is 13.8. The lowest BCUT2D eigenvalue weighted by Gasteiger charge is -2.31. The topological polar surface area (TPSA) is 75.7 Å². The van der Waals surface area contributed by atoms with E-state index in [9.17, 15) is 13.2 Å². The van der Waals surface area contributed by atoms with Crippen molar-refractivity contribution in [3.05, 3.63) is 58.6 Å². The summed E-state index contributed by atoms with van der Waals surface area (Å²) >= 11 is 6.13. The molecule has 1 aliphatic rings. The van der Waals surface area contributed by atoms with Gasteiger partial charge in [0, 0.05) is 24.7 Å². The summed E-state index contributed by atoms with van der Waals surface area (Å²) < 4.78 is 33.1. The van der Waals surface area contributed by atoms with Crippen LogP contribution in [0, 0.1) is 12.8 Å². The van der Waals surface area contributed by atoms with Gasteiger partial charge in [-0.25, -0.2) is 8.42 Å². The number of rotatable bonds is 6. The van der Waals surface area contributed by atoms with Gasteiger partial charge in [0.1, 0.15) is 10.6 Å². The van der Waals surface area contributed by atoms with E-state index in [4.69, 9.17) is 16.3 Å². The van der Waals surface area contributed by atoms with Gasteiger partial charge < -0.3 is 10.1 Å². The monoisotopic (exact) mass is 436 g/mol. The van der Waals surface area contributed by atoms with E-state index in [1.54, 1.807) is 24.3 Å². The molecule has 156 valence electrons. The lowest BCUT2D eigenvalue weighted by Crippen LogP contribution is -2.45. The third-order valence-corrected chi connectivity index (χ3v) is 7.36. The van der Waals surface area contributed by atoms with E-state index in [2.05, 4.69) is 5.32 Å². The minimum absolute atomic E-state index is 0.136. The van der Waals surface area contributed by atoms with Crippen LogP contribution in [-0.2, 0) is 21.4 Å². The van der Waals surface area contributed by atoms with Gasteiger partial charge in [-0.2, -0.15) is 4.31 Å². The van der Waals surface area contributed by atoms with Crippen LogP contribution < -0.4 is 10.1 Å². The molecule has 0 unspecified atom stereocenters. The zero-order valence-corrected chi connectivity index (χ0v) is 18.1. The fourth-order valence-electron chi connectivity index (χ4n) is 3.47. The molecule has 3 rings (SSSR count). The number of hydrogen-bond donors (Lipinski definition) is 1. The van der Waals surface area contributed by atoms with Crippen LogP contribution >= 0.6 is 11.6 Å². The van der Waals surface area contributed by atoms with Crippen molar-refractivity contribution in [1.29, 1.82) is 0 Å². The molecule has 0 radical (unpaired) electrons. The number of aryl methyl sites for hydroxylation is 1.